The summed E-state index contributed by atoms with van der Waals surface area (Å²) in [6.45, 7) is 2.37. The summed E-state index contributed by atoms with van der Waals surface area (Å²) in [6.07, 6.45) is 3.58. The fraction of sp³-hybridized carbons (Fsp3) is 0.500. The van der Waals surface area contributed by atoms with E-state index in [1.165, 1.54) is 0 Å². The van der Waals surface area contributed by atoms with E-state index in [4.69, 9.17) is 0 Å². The summed E-state index contributed by atoms with van der Waals surface area (Å²) in [6, 6.07) is 9.46. The predicted octanol–water partition coefficient (Wildman–Crippen LogP) is 1.82. The lowest BCUT2D eigenvalue weighted by atomic mass is 9.73. The van der Waals surface area contributed by atoms with Crippen molar-refractivity contribution in [3.05, 3.63) is 35.9 Å². The highest BCUT2D eigenvalue weighted by atomic mass is 16.2. The van der Waals surface area contributed by atoms with Crippen LogP contribution in [0.1, 0.15) is 36.0 Å². The molecule has 3 rings (SSSR count). The number of likely N-dealkylation sites (tertiary alicyclic amines) is 1. The highest BCUT2D eigenvalue weighted by Gasteiger charge is 2.38. The molecule has 2 amide bonds. The summed E-state index contributed by atoms with van der Waals surface area (Å²) in [5.74, 6) is 0.290. The molecule has 0 aromatic heterocycles. The number of carbonyl (C=O) groups is 2. The van der Waals surface area contributed by atoms with Crippen LogP contribution >= 0.6 is 0 Å². The van der Waals surface area contributed by atoms with E-state index in [0.717, 1.165) is 44.5 Å². The van der Waals surface area contributed by atoms with Gasteiger partial charge in [0.2, 0.25) is 5.91 Å². The largest absolute Gasteiger partial charge is 0.356 e. The molecule has 0 unspecified atom stereocenters. The van der Waals surface area contributed by atoms with E-state index < -0.39 is 0 Å². The second-order valence-corrected chi connectivity index (χ2v) is 5.93. The molecule has 2 heterocycles. The molecule has 0 saturated carbocycles. The molecule has 2 aliphatic rings. The predicted molar refractivity (Wildman–Crippen MR) is 76.3 cm³/mol. The van der Waals surface area contributed by atoms with Gasteiger partial charge in [-0.25, -0.2) is 0 Å². The standard InChI is InChI=1S/C16H20N2O2/c19-14-6-7-16(12-17-14)8-10-18(11-9-16)15(20)13-4-2-1-3-5-13/h1-5H,6-12H2,(H,17,19). The Morgan fingerprint density at radius 2 is 1.80 bits per heavy atom. The third kappa shape index (κ3) is 2.55. The van der Waals surface area contributed by atoms with Gasteiger partial charge in [0.25, 0.3) is 5.91 Å². The van der Waals surface area contributed by atoms with Gasteiger partial charge < -0.3 is 10.2 Å². The van der Waals surface area contributed by atoms with Crippen LogP contribution in [0.5, 0.6) is 0 Å². The molecule has 1 N–H and O–H groups in total. The summed E-state index contributed by atoms with van der Waals surface area (Å²) >= 11 is 0. The van der Waals surface area contributed by atoms with E-state index in [-0.39, 0.29) is 17.2 Å². The molecule has 1 aromatic carbocycles. The van der Waals surface area contributed by atoms with Gasteiger partial charge in [0, 0.05) is 31.6 Å². The summed E-state index contributed by atoms with van der Waals surface area (Å²) < 4.78 is 0. The topological polar surface area (TPSA) is 49.4 Å². The van der Waals surface area contributed by atoms with Crippen LogP contribution < -0.4 is 5.32 Å². The molecular formula is C16H20N2O2. The molecular weight excluding hydrogens is 252 g/mol. The van der Waals surface area contributed by atoms with E-state index in [0.29, 0.717) is 6.42 Å². The van der Waals surface area contributed by atoms with Gasteiger partial charge in [-0.3, -0.25) is 9.59 Å². The second kappa shape index (κ2) is 5.27. The molecule has 2 fully saturated rings. The Balaban J connectivity index is 1.61. The number of piperidine rings is 2. The Bertz CT molecular complexity index is 492. The molecule has 0 radical (unpaired) electrons. The summed E-state index contributed by atoms with van der Waals surface area (Å²) in [5.41, 5.74) is 0.988. The van der Waals surface area contributed by atoms with Crippen molar-refractivity contribution in [1.29, 1.82) is 0 Å². The minimum atomic E-state index is 0.125. The summed E-state index contributed by atoms with van der Waals surface area (Å²) in [4.78, 5) is 25.6. The Morgan fingerprint density at radius 1 is 1.10 bits per heavy atom. The van der Waals surface area contributed by atoms with Crippen LogP contribution in [0, 0.1) is 5.41 Å². The minimum absolute atomic E-state index is 0.125. The van der Waals surface area contributed by atoms with Crippen LogP contribution in [0.4, 0.5) is 0 Å². The summed E-state index contributed by atoms with van der Waals surface area (Å²) in [7, 11) is 0. The fourth-order valence-electron chi connectivity index (χ4n) is 3.22. The maximum Gasteiger partial charge on any atom is 0.253 e. The average molecular weight is 272 g/mol. The SMILES string of the molecule is O=C1CCC2(CCN(C(=O)c3ccccc3)CC2)CN1. The van der Waals surface area contributed by atoms with Gasteiger partial charge in [-0.1, -0.05) is 18.2 Å². The number of rotatable bonds is 1. The molecule has 2 aliphatic heterocycles. The van der Waals surface area contributed by atoms with Gasteiger partial charge in [0.15, 0.2) is 0 Å². The zero-order valence-corrected chi connectivity index (χ0v) is 11.6. The number of hydrogen-bond acceptors (Lipinski definition) is 2. The average Bonchev–Trinajstić information content (AvgIpc) is 2.52. The quantitative estimate of drug-likeness (QED) is 0.847. The van der Waals surface area contributed by atoms with Crippen molar-refractivity contribution in [3.63, 3.8) is 0 Å². The first-order valence-electron chi connectivity index (χ1n) is 7.30. The highest BCUT2D eigenvalue weighted by Crippen LogP contribution is 2.37. The van der Waals surface area contributed by atoms with Crippen molar-refractivity contribution < 1.29 is 9.59 Å². The Hall–Kier alpha value is -1.84. The molecule has 1 spiro atoms. The molecule has 106 valence electrons. The van der Waals surface area contributed by atoms with Crippen LogP contribution in [0.15, 0.2) is 30.3 Å². The van der Waals surface area contributed by atoms with Crippen LogP contribution in [-0.4, -0.2) is 36.3 Å². The maximum absolute atomic E-state index is 12.4. The first-order chi connectivity index (χ1) is 9.69. The molecule has 20 heavy (non-hydrogen) atoms. The number of nitrogens with zero attached hydrogens (tertiary/aromatic N) is 1. The zero-order chi connectivity index (χ0) is 14.0. The number of amides is 2. The normalized spacial score (nSPS) is 21.6. The van der Waals surface area contributed by atoms with E-state index in [1.807, 2.05) is 35.2 Å². The van der Waals surface area contributed by atoms with Crippen molar-refractivity contribution in [2.45, 2.75) is 25.7 Å². The second-order valence-electron chi connectivity index (χ2n) is 5.93. The van der Waals surface area contributed by atoms with E-state index in [2.05, 4.69) is 5.32 Å². The van der Waals surface area contributed by atoms with Crippen molar-refractivity contribution >= 4 is 11.8 Å². The monoisotopic (exact) mass is 272 g/mol. The molecule has 4 heteroatoms. The molecule has 0 atom stereocenters. The lowest BCUT2D eigenvalue weighted by molar-refractivity contribution is -0.125. The fourth-order valence-corrected chi connectivity index (χ4v) is 3.22. The first-order valence-corrected chi connectivity index (χ1v) is 7.30. The van der Waals surface area contributed by atoms with Gasteiger partial charge >= 0.3 is 0 Å². The molecule has 0 bridgehead atoms. The first kappa shape index (κ1) is 13.2. The summed E-state index contributed by atoms with van der Waals surface area (Å²) in [5, 5.41) is 2.98. The van der Waals surface area contributed by atoms with E-state index in [1.54, 1.807) is 0 Å². The lowest BCUT2D eigenvalue weighted by Crippen LogP contribution is -2.50. The van der Waals surface area contributed by atoms with Crippen LogP contribution in [-0.2, 0) is 4.79 Å². The third-order valence-electron chi connectivity index (χ3n) is 4.68. The highest BCUT2D eigenvalue weighted by molar-refractivity contribution is 5.94. The van der Waals surface area contributed by atoms with Crippen LogP contribution in [0.2, 0.25) is 0 Å². The number of nitrogens with one attached hydrogen (secondary N) is 1. The van der Waals surface area contributed by atoms with Crippen molar-refractivity contribution in [3.8, 4) is 0 Å². The Labute approximate surface area is 119 Å². The van der Waals surface area contributed by atoms with Gasteiger partial charge in [0.1, 0.15) is 0 Å². The van der Waals surface area contributed by atoms with E-state index in [9.17, 15) is 9.59 Å². The number of hydrogen-bond donors (Lipinski definition) is 1. The lowest BCUT2D eigenvalue weighted by Gasteiger charge is -2.44. The Morgan fingerprint density at radius 3 is 2.40 bits per heavy atom. The third-order valence-corrected chi connectivity index (χ3v) is 4.68. The van der Waals surface area contributed by atoms with Gasteiger partial charge in [-0.05, 0) is 36.8 Å². The maximum atomic E-state index is 12.4. The van der Waals surface area contributed by atoms with Crippen LogP contribution in [0.25, 0.3) is 0 Å². The minimum Gasteiger partial charge on any atom is -0.356 e. The molecule has 1 aromatic rings. The molecule has 2 saturated heterocycles. The Kier molecular flexibility index (Phi) is 3.47. The van der Waals surface area contributed by atoms with Gasteiger partial charge in [0.05, 0.1) is 0 Å². The van der Waals surface area contributed by atoms with Crippen molar-refractivity contribution in [1.82, 2.24) is 10.2 Å². The smallest absolute Gasteiger partial charge is 0.253 e. The zero-order valence-electron chi connectivity index (χ0n) is 11.6. The van der Waals surface area contributed by atoms with Crippen molar-refractivity contribution in [2.75, 3.05) is 19.6 Å². The number of carbonyl (C=O) groups excluding carboxylic acids is 2. The van der Waals surface area contributed by atoms with E-state index >= 15 is 0 Å². The molecule has 4 nitrogen and oxygen atoms in total. The van der Waals surface area contributed by atoms with Gasteiger partial charge in [-0.15, -0.1) is 0 Å². The van der Waals surface area contributed by atoms with Crippen molar-refractivity contribution in [2.24, 2.45) is 5.41 Å². The van der Waals surface area contributed by atoms with Crippen LogP contribution in [0.3, 0.4) is 0 Å². The number of benzene rings is 1. The van der Waals surface area contributed by atoms with Gasteiger partial charge in [-0.2, -0.15) is 0 Å². The molecule has 0 aliphatic carbocycles.